The van der Waals surface area contributed by atoms with Crippen LogP contribution in [0.4, 0.5) is 17.1 Å². The number of nitro groups is 1. The van der Waals surface area contributed by atoms with Crippen LogP contribution in [0.1, 0.15) is 11.1 Å². The van der Waals surface area contributed by atoms with Crippen LogP contribution in [0.25, 0.3) is 0 Å². The van der Waals surface area contributed by atoms with E-state index < -0.39 is 0 Å². The average molecular weight is 285 g/mol. The molecule has 0 aliphatic carbocycles. The summed E-state index contributed by atoms with van der Waals surface area (Å²) < 4.78 is 0. The van der Waals surface area contributed by atoms with Crippen molar-refractivity contribution in [1.29, 1.82) is 0 Å². The number of para-hydroxylation sites is 1. The molecule has 0 unspecified atom stereocenters. The third kappa shape index (κ3) is 3.31. The predicted molar refractivity (Wildman–Crippen MR) is 85.9 cm³/mol. The molecule has 0 bridgehead atoms. The Bertz CT molecular complexity index is 638. The van der Waals surface area contributed by atoms with Gasteiger partial charge in [-0.25, -0.2) is 0 Å². The number of nitrogens with zero attached hydrogens (tertiary/aromatic N) is 2. The quantitative estimate of drug-likeness (QED) is 0.674. The van der Waals surface area contributed by atoms with E-state index in [4.69, 9.17) is 0 Å². The van der Waals surface area contributed by atoms with Gasteiger partial charge < -0.3 is 10.2 Å². The zero-order valence-corrected chi connectivity index (χ0v) is 12.5. The van der Waals surface area contributed by atoms with Gasteiger partial charge in [-0.05, 0) is 24.6 Å². The Balaban J connectivity index is 2.32. The minimum absolute atomic E-state index is 0.106. The van der Waals surface area contributed by atoms with Crippen LogP contribution in [-0.4, -0.2) is 19.0 Å². The van der Waals surface area contributed by atoms with Gasteiger partial charge in [0.25, 0.3) is 0 Å². The number of nitrogens with one attached hydrogen (secondary N) is 1. The molecule has 2 rings (SSSR count). The molecule has 0 fully saturated rings. The number of anilines is 2. The normalized spacial score (nSPS) is 10.2. The first-order chi connectivity index (χ1) is 10.0. The zero-order valence-electron chi connectivity index (χ0n) is 12.5. The highest BCUT2D eigenvalue weighted by atomic mass is 16.6. The second-order valence-electron chi connectivity index (χ2n) is 5.02. The topological polar surface area (TPSA) is 58.4 Å². The van der Waals surface area contributed by atoms with Gasteiger partial charge in [0.1, 0.15) is 11.4 Å². The lowest BCUT2D eigenvalue weighted by Crippen LogP contribution is -2.18. The van der Waals surface area contributed by atoms with Gasteiger partial charge in [-0.15, -0.1) is 0 Å². The fourth-order valence-corrected chi connectivity index (χ4v) is 2.29. The van der Waals surface area contributed by atoms with Crippen molar-refractivity contribution in [2.45, 2.75) is 13.5 Å². The molecule has 5 nitrogen and oxygen atoms in total. The smallest absolute Gasteiger partial charge is 0.315 e. The predicted octanol–water partition coefficient (Wildman–Crippen LogP) is 3.58. The molecule has 5 heteroatoms. The summed E-state index contributed by atoms with van der Waals surface area (Å²) >= 11 is 0. The van der Waals surface area contributed by atoms with Crippen LogP contribution in [-0.2, 0) is 6.54 Å². The van der Waals surface area contributed by atoms with Gasteiger partial charge in [0, 0.05) is 20.6 Å². The number of rotatable bonds is 5. The highest BCUT2D eigenvalue weighted by molar-refractivity contribution is 5.76. The zero-order chi connectivity index (χ0) is 15.4. The summed E-state index contributed by atoms with van der Waals surface area (Å²) in [6.45, 7) is 2.66. The first kappa shape index (κ1) is 14.8. The summed E-state index contributed by atoms with van der Waals surface area (Å²) in [5, 5.41) is 14.2. The minimum Gasteiger partial charge on any atom is -0.382 e. The summed E-state index contributed by atoms with van der Waals surface area (Å²) in [4.78, 5) is 12.9. The highest BCUT2D eigenvalue weighted by Gasteiger charge is 2.21. The largest absolute Gasteiger partial charge is 0.382 e. The molecule has 2 aromatic carbocycles. The first-order valence-corrected chi connectivity index (χ1v) is 6.74. The summed E-state index contributed by atoms with van der Waals surface area (Å²) in [6, 6.07) is 13.5. The van der Waals surface area contributed by atoms with Crippen LogP contribution in [0.15, 0.2) is 42.5 Å². The Morgan fingerprint density at radius 2 is 1.86 bits per heavy atom. The van der Waals surface area contributed by atoms with Gasteiger partial charge in [0.05, 0.1) is 4.92 Å². The monoisotopic (exact) mass is 285 g/mol. The number of nitro benzene ring substituents is 1. The minimum atomic E-state index is -0.340. The molecule has 0 spiro atoms. The third-order valence-electron chi connectivity index (χ3n) is 3.42. The molecule has 0 amide bonds. The summed E-state index contributed by atoms with van der Waals surface area (Å²) in [5.74, 6) is 0. The molecule has 0 aliphatic heterocycles. The first-order valence-electron chi connectivity index (χ1n) is 6.74. The molecule has 2 aromatic rings. The second kappa shape index (κ2) is 6.26. The summed E-state index contributed by atoms with van der Waals surface area (Å²) in [5.41, 5.74) is 3.55. The summed E-state index contributed by atoms with van der Waals surface area (Å²) in [7, 11) is 3.55. The number of benzene rings is 2. The van der Waals surface area contributed by atoms with E-state index in [0.29, 0.717) is 17.9 Å². The standard InChI is InChI=1S/C16H19N3O2/c1-12-7-9-13(10-8-12)11-18(3)15-6-4-5-14(17-2)16(15)19(20)21/h4-10,17H,11H2,1-3H3. The van der Waals surface area contributed by atoms with Crippen LogP contribution in [0.2, 0.25) is 0 Å². The maximum atomic E-state index is 11.3. The van der Waals surface area contributed by atoms with E-state index in [1.807, 2.05) is 49.2 Å². The Morgan fingerprint density at radius 3 is 2.43 bits per heavy atom. The maximum Gasteiger partial charge on any atom is 0.315 e. The molecule has 0 saturated carbocycles. The van der Waals surface area contributed by atoms with E-state index >= 15 is 0 Å². The lowest BCUT2D eigenvalue weighted by molar-refractivity contribution is -0.383. The van der Waals surface area contributed by atoms with Crippen LogP contribution in [0.5, 0.6) is 0 Å². The average Bonchev–Trinajstić information content (AvgIpc) is 2.48. The van der Waals surface area contributed by atoms with E-state index in [0.717, 1.165) is 5.56 Å². The third-order valence-corrected chi connectivity index (χ3v) is 3.42. The van der Waals surface area contributed by atoms with Crippen molar-refractivity contribution in [3.05, 3.63) is 63.7 Å². The van der Waals surface area contributed by atoms with Gasteiger partial charge in [0.15, 0.2) is 0 Å². The van der Waals surface area contributed by atoms with E-state index in [-0.39, 0.29) is 10.6 Å². The van der Waals surface area contributed by atoms with Crippen molar-refractivity contribution >= 4 is 17.1 Å². The lowest BCUT2D eigenvalue weighted by atomic mass is 10.1. The van der Waals surface area contributed by atoms with Gasteiger partial charge in [0.2, 0.25) is 0 Å². The van der Waals surface area contributed by atoms with Crippen LogP contribution in [0.3, 0.4) is 0 Å². The van der Waals surface area contributed by atoms with Crippen molar-refractivity contribution in [2.75, 3.05) is 24.3 Å². The van der Waals surface area contributed by atoms with E-state index in [9.17, 15) is 10.1 Å². The van der Waals surface area contributed by atoms with Gasteiger partial charge in [-0.2, -0.15) is 0 Å². The highest BCUT2D eigenvalue weighted by Crippen LogP contribution is 2.35. The van der Waals surface area contributed by atoms with E-state index in [1.54, 1.807) is 19.2 Å². The second-order valence-corrected chi connectivity index (χ2v) is 5.02. The van der Waals surface area contributed by atoms with E-state index in [2.05, 4.69) is 5.32 Å². The molecular formula is C16H19N3O2. The molecule has 0 heterocycles. The van der Waals surface area contributed by atoms with Crippen molar-refractivity contribution < 1.29 is 4.92 Å². The Labute approximate surface area is 124 Å². The van der Waals surface area contributed by atoms with Crippen molar-refractivity contribution in [2.24, 2.45) is 0 Å². The van der Waals surface area contributed by atoms with Crippen molar-refractivity contribution in [1.82, 2.24) is 0 Å². The number of hydrogen-bond donors (Lipinski definition) is 1. The molecule has 1 N–H and O–H groups in total. The molecule has 0 aromatic heterocycles. The van der Waals surface area contributed by atoms with Crippen LogP contribution in [0, 0.1) is 17.0 Å². The number of aryl methyl sites for hydroxylation is 1. The molecule has 0 atom stereocenters. The van der Waals surface area contributed by atoms with Crippen molar-refractivity contribution in [3.63, 3.8) is 0 Å². The van der Waals surface area contributed by atoms with Gasteiger partial charge in [-0.3, -0.25) is 10.1 Å². The molecule has 0 saturated heterocycles. The fourth-order valence-electron chi connectivity index (χ4n) is 2.29. The lowest BCUT2D eigenvalue weighted by Gasteiger charge is -2.20. The molecule has 0 radical (unpaired) electrons. The summed E-state index contributed by atoms with van der Waals surface area (Å²) in [6.07, 6.45) is 0. The Morgan fingerprint density at radius 1 is 1.19 bits per heavy atom. The molecule has 0 aliphatic rings. The number of hydrogen-bond acceptors (Lipinski definition) is 4. The molecule has 21 heavy (non-hydrogen) atoms. The van der Waals surface area contributed by atoms with Crippen LogP contribution < -0.4 is 10.2 Å². The van der Waals surface area contributed by atoms with Gasteiger partial charge in [-0.1, -0.05) is 35.9 Å². The van der Waals surface area contributed by atoms with Gasteiger partial charge >= 0.3 is 5.69 Å². The Kier molecular flexibility index (Phi) is 4.42. The van der Waals surface area contributed by atoms with Crippen molar-refractivity contribution in [3.8, 4) is 0 Å². The SMILES string of the molecule is CNc1cccc(N(C)Cc2ccc(C)cc2)c1[N+](=O)[O-]. The molecule has 110 valence electrons. The fraction of sp³-hybridized carbons (Fsp3) is 0.250. The Hall–Kier alpha value is -2.56. The molecular weight excluding hydrogens is 266 g/mol. The van der Waals surface area contributed by atoms with Crippen LogP contribution >= 0.6 is 0 Å². The van der Waals surface area contributed by atoms with E-state index in [1.165, 1.54) is 5.56 Å². The maximum absolute atomic E-state index is 11.3.